The molecule has 1 aliphatic rings. The number of rotatable bonds is 6. The molecule has 0 bridgehead atoms. The lowest BCUT2D eigenvalue weighted by Crippen LogP contribution is -2.21. The van der Waals surface area contributed by atoms with Crippen molar-refractivity contribution in [3.8, 4) is 0 Å². The summed E-state index contributed by atoms with van der Waals surface area (Å²) >= 11 is 0. The summed E-state index contributed by atoms with van der Waals surface area (Å²) in [7, 11) is 1.60. The molecule has 2 aromatic rings. The van der Waals surface area contributed by atoms with Crippen molar-refractivity contribution in [2.24, 2.45) is 4.99 Å². The van der Waals surface area contributed by atoms with Gasteiger partial charge in [0.15, 0.2) is 0 Å². The standard InChI is InChI=1S/C20H22FN3O2/c1-12-5-4-6-18-19(12)15(20(25)24-18)10-22-14-7-8-17(16(21)9-14)23-13(2)11-26-3/h4-10,13,15,23H,11H2,1-3H3,(H,24,25). The van der Waals surface area contributed by atoms with Crippen molar-refractivity contribution in [3.05, 3.63) is 53.3 Å². The first-order valence-corrected chi connectivity index (χ1v) is 8.49. The van der Waals surface area contributed by atoms with Gasteiger partial charge in [-0.25, -0.2) is 4.39 Å². The summed E-state index contributed by atoms with van der Waals surface area (Å²) in [6.07, 6.45) is 1.57. The van der Waals surface area contributed by atoms with Crippen molar-refractivity contribution in [1.29, 1.82) is 0 Å². The number of amides is 1. The van der Waals surface area contributed by atoms with Crippen LogP contribution in [-0.2, 0) is 9.53 Å². The maximum atomic E-state index is 14.3. The SMILES string of the molecule is COCC(C)Nc1ccc(N=CC2C(=O)Nc3cccc(C)c32)cc1F. The van der Waals surface area contributed by atoms with E-state index in [1.54, 1.807) is 25.5 Å². The highest BCUT2D eigenvalue weighted by Gasteiger charge is 2.30. The van der Waals surface area contributed by atoms with E-state index in [-0.39, 0.29) is 11.9 Å². The molecule has 2 N–H and O–H groups in total. The summed E-state index contributed by atoms with van der Waals surface area (Å²) < 4.78 is 19.3. The van der Waals surface area contributed by atoms with E-state index in [2.05, 4.69) is 15.6 Å². The third-order valence-corrected chi connectivity index (χ3v) is 4.32. The fourth-order valence-electron chi connectivity index (χ4n) is 3.11. The van der Waals surface area contributed by atoms with Crippen molar-refractivity contribution in [2.45, 2.75) is 25.8 Å². The van der Waals surface area contributed by atoms with Crippen molar-refractivity contribution in [1.82, 2.24) is 0 Å². The summed E-state index contributed by atoms with van der Waals surface area (Å²) in [5.41, 5.74) is 3.61. The first kappa shape index (κ1) is 18.1. The maximum absolute atomic E-state index is 14.3. The first-order valence-electron chi connectivity index (χ1n) is 8.49. The molecular weight excluding hydrogens is 333 g/mol. The Labute approximate surface area is 152 Å². The number of aryl methyl sites for hydroxylation is 1. The number of nitrogens with one attached hydrogen (secondary N) is 2. The number of anilines is 2. The molecule has 26 heavy (non-hydrogen) atoms. The van der Waals surface area contributed by atoms with Gasteiger partial charge >= 0.3 is 0 Å². The number of carbonyl (C=O) groups is 1. The van der Waals surface area contributed by atoms with Crippen LogP contribution in [0.25, 0.3) is 0 Å². The van der Waals surface area contributed by atoms with Crippen molar-refractivity contribution in [3.63, 3.8) is 0 Å². The van der Waals surface area contributed by atoms with Gasteiger partial charge in [0.25, 0.3) is 0 Å². The van der Waals surface area contributed by atoms with Gasteiger partial charge < -0.3 is 15.4 Å². The van der Waals surface area contributed by atoms with Gasteiger partial charge in [0, 0.05) is 31.1 Å². The molecule has 0 radical (unpaired) electrons. The summed E-state index contributed by atoms with van der Waals surface area (Å²) in [5.74, 6) is -0.978. The minimum Gasteiger partial charge on any atom is -0.383 e. The van der Waals surface area contributed by atoms with Gasteiger partial charge in [-0.2, -0.15) is 0 Å². The summed E-state index contributed by atoms with van der Waals surface area (Å²) in [6, 6.07) is 10.4. The van der Waals surface area contributed by atoms with Gasteiger partial charge in [-0.3, -0.25) is 9.79 Å². The largest absolute Gasteiger partial charge is 0.383 e. The number of benzene rings is 2. The molecular formula is C20H22FN3O2. The van der Waals surface area contributed by atoms with Gasteiger partial charge in [0.05, 0.1) is 18.0 Å². The zero-order valence-corrected chi connectivity index (χ0v) is 15.0. The third kappa shape index (κ3) is 3.75. The number of carbonyl (C=O) groups excluding carboxylic acids is 1. The molecule has 0 fully saturated rings. The number of hydrogen-bond acceptors (Lipinski definition) is 4. The zero-order chi connectivity index (χ0) is 18.7. The van der Waals surface area contributed by atoms with Crippen LogP contribution in [0.3, 0.4) is 0 Å². The molecule has 1 heterocycles. The Morgan fingerprint density at radius 2 is 2.19 bits per heavy atom. The molecule has 1 amide bonds. The van der Waals surface area contributed by atoms with E-state index in [9.17, 15) is 9.18 Å². The molecule has 0 saturated carbocycles. The van der Waals surface area contributed by atoms with E-state index in [1.165, 1.54) is 6.07 Å². The number of halogens is 1. The van der Waals surface area contributed by atoms with E-state index in [1.807, 2.05) is 32.0 Å². The molecule has 5 nitrogen and oxygen atoms in total. The molecule has 136 valence electrons. The number of nitrogens with zero attached hydrogens (tertiary/aromatic N) is 1. The number of fused-ring (bicyclic) bond motifs is 1. The molecule has 1 aliphatic heterocycles. The van der Waals surface area contributed by atoms with E-state index in [4.69, 9.17) is 4.74 Å². The van der Waals surface area contributed by atoms with Crippen molar-refractivity contribution >= 4 is 29.2 Å². The molecule has 6 heteroatoms. The third-order valence-electron chi connectivity index (χ3n) is 4.32. The lowest BCUT2D eigenvalue weighted by atomic mass is 9.97. The number of aliphatic imine (C=N–C) groups is 1. The van der Waals surface area contributed by atoms with E-state index >= 15 is 0 Å². The zero-order valence-electron chi connectivity index (χ0n) is 15.0. The Hall–Kier alpha value is -2.73. The van der Waals surface area contributed by atoms with E-state index in [0.717, 1.165) is 16.8 Å². The van der Waals surface area contributed by atoms with E-state index < -0.39 is 11.7 Å². The van der Waals surface area contributed by atoms with Gasteiger partial charge in [0.1, 0.15) is 11.7 Å². The predicted octanol–water partition coefficient (Wildman–Crippen LogP) is 4.02. The van der Waals surface area contributed by atoms with Gasteiger partial charge in [0.2, 0.25) is 5.91 Å². The van der Waals surface area contributed by atoms with Crippen LogP contribution in [0.5, 0.6) is 0 Å². The number of ether oxygens (including phenoxy) is 1. The number of methoxy groups -OCH3 is 1. The van der Waals surface area contributed by atoms with Crippen LogP contribution in [0.4, 0.5) is 21.5 Å². The van der Waals surface area contributed by atoms with E-state index in [0.29, 0.717) is 18.0 Å². The Morgan fingerprint density at radius 3 is 2.92 bits per heavy atom. The fraction of sp³-hybridized carbons (Fsp3) is 0.300. The van der Waals surface area contributed by atoms with Crippen LogP contribution < -0.4 is 10.6 Å². The van der Waals surface area contributed by atoms with Crippen molar-refractivity contribution in [2.75, 3.05) is 24.4 Å². The van der Waals surface area contributed by atoms with Crippen LogP contribution in [0.2, 0.25) is 0 Å². The Kier molecular flexibility index (Phi) is 5.32. The molecule has 2 atom stereocenters. The van der Waals surface area contributed by atoms with Gasteiger partial charge in [-0.05, 0) is 43.2 Å². The van der Waals surface area contributed by atoms with Gasteiger partial charge in [-0.15, -0.1) is 0 Å². The van der Waals surface area contributed by atoms with Crippen molar-refractivity contribution < 1.29 is 13.9 Å². The monoisotopic (exact) mass is 355 g/mol. The number of hydrogen-bond donors (Lipinski definition) is 2. The summed E-state index contributed by atoms with van der Waals surface area (Å²) in [6.45, 7) is 4.35. The Morgan fingerprint density at radius 1 is 1.38 bits per heavy atom. The van der Waals surface area contributed by atoms with Gasteiger partial charge in [-0.1, -0.05) is 12.1 Å². The Balaban J connectivity index is 1.78. The smallest absolute Gasteiger partial charge is 0.237 e. The predicted molar refractivity (Wildman–Crippen MR) is 102 cm³/mol. The highest BCUT2D eigenvalue weighted by Crippen LogP contribution is 2.34. The minimum atomic E-state index is -0.464. The second kappa shape index (κ2) is 7.66. The topological polar surface area (TPSA) is 62.7 Å². The molecule has 0 aliphatic carbocycles. The molecule has 2 unspecified atom stereocenters. The summed E-state index contributed by atoms with van der Waals surface area (Å²) in [4.78, 5) is 16.5. The molecule has 0 aromatic heterocycles. The van der Waals surface area contributed by atoms with Crippen LogP contribution >= 0.6 is 0 Å². The highest BCUT2D eigenvalue weighted by atomic mass is 19.1. The molecule has 3 rings (SSSR count). The first-order chi connectivity index (χ1) is 12.5. The minimum absolute atomic E-state index is 0.00878. The quantitative estimate of drug-likeness (QED) is 0.770. The molecule has 2 aromatic carbocycles. The highest BCUT2D eigenvalue weighted by molar-refractivity contribution is 6.13. The average molecular weight is 355 g/mol. The second-order valence-electron chi connectivity index (χ2n) is 6.45. The van der Waals surface area contributed by atoms with Crippen LogP contribution in [-0.4, -0.2) is 31.9 Å². The summed E-state index contributed by atoms with van der Waals surface area (Å²) in [5, 5.41) is 5.90. The maximum Gasteiger partial charge on any atom is 0.237 e. The lowest BCUT2D eigenvalue weighted by Gasteiger charge is -2.14. The molecule has 0 spiro atoms. The fourth-order valence-corrected chi connectivity index (χ4v) is 3.11. The average Bonchev–Trinajstić information content (AvgIpc) is 2.92. The normalized spacial score (nSPS) is 17.2. The van der Waals surface area contributed by atoms with Crippen LogP contribution in [0.15, 0.2) is 41.4 Å². The second-order valence-corrected chi connectivity index (χ2v) is 6.45. The van der Waals surface area contributed by atoms with Crippen LogP contribution in [0.1, 0.15) is 24.0 Å². The lowest BCUT2D eigenvalue weighted by molar-refractivity contribution is -0.115. The van der Waals surface area contributed by atoms with Crippen LogP contribution in [0, 0.1) is 12.7 Å². The Bertz CT molecular complexity index is 851. The molecule has 0 saturated heterocycles.